The van der Waals surface area contributed by atoms with Crippen LogP contribution in [-0.4, -0.2) is 25.0 Å². The lowest BCUT2D eigenvalue weighted by Gasteiger charge is -2.03. The Morgan fingerprint density at radius 1 is 1.50 bits per heavy atom. The third-order valence-electron chi connectivity index (χ3n) is 1.93. The van der Waals surface area contributed by atoms with E-state index in [1.165, 1.54) is 11.3 Å². The van der Waals surface area contributed by atoms with Crippen molar-refractivity contribution >= 4 is 23.2 Å². The van der Waals surface area contributed by atoms with E-state index in [1.54, 1.807) is 18.4 Å². The van der Waals surface area contributed by atoms with Gasteiger partial charge in [0, 0.05) is 23.9 Å². The molecule has 0 unspecified atom stereocenters. The number of thiophene rings is 1. The molecular weight excluding hydrogens is 226 g/mol. The van der Waals surface area contributed by atoms with Crippen molar-refractivity contribution in [3.05, 3.63) is 22.4 Å². The van der Waals surface area contributed by atoms with Crippen molar-refractivity contribution in [2.45, 2.75) is 19.8 Å². The summed E-state index contributed by atoms with van der Waals surface area (Å²) in [4.78, 5) is 22.4. The second kappa shape index (κ2) is 7.00. The van der Waals surface area contributed by atoms with Gasteiger partial charge in [0.2, 0.25) is 0 Å². The molecule has 0 bridgehead atoms. The zero-order valence-electron chi connectivity index (χ0n) is 9.19. The average Bonchev–Trinajstić information content (AvgIpc) is 2.78. The molecule has 0 radical (unpaired) electrons. The molecule has 1 heterocycles. The first-order valence-corrected chi connectivity index (χ1v) is 6.14. The molecule has 0 aromatic carbocycles. The standard InChI is InChI=1S/C11H15NO3S/c1-2-15-10(13)4-3-6-12-11(14)9-5-7-16-8-9/h5,7-8H,2-4,6H2,1H3,(H,12,14). The number of amides is 1. The van der Waals surface area contributed by atoms with Gasteiger partial charge in [-0.1, -0.05) is 0 Å². The summed E-state index contributed by atoms with van der Waals surface area (Å²) in [7, 11) is 0. The predicted molar refractivity (Wildman–Crippen MR) is 62.5 cm³/mol. The highest BCUT2D eigenvalue weighted by molar-refractivity contribution is 7.08. The fourth-order valence-electron chi connectivity index (χ4n) is 1.16. The van der Waals surface area contributed by atoms with Gasteiger partial charge in [-0.05, 0) is 24.8 Å². The van der Waals surface area contributed by atoms with E-state index in [1.807, 2.05) is 5.38 Å². The summed E-state index contributed by atoms with van der Waals surface area (Å²) in [5.41, 5.74) is 0.668. The van der Waals surface area contributed by atoms with Gasteiger partial charge in [-0.25, -0.2) is 0 Å². The number of carbonyl (C=O) groups excluding carboxylic acids is 2. The molecular formula is C11H15NO3S. The topological polar surface area (TPSA) is 55.4 Å². The Morgan fingerprint density at radius 2 is 2.31 bits per heavy atom. The maximum Gasteiger partial charge on any atom is 0.305 e. The number of ether oxygens (including phenoxy) is 1. The fourth-order valence-corrected chi connectivity index (χ4v) is 1.80. The summed E-state index contributed by atoms with van der Waals surface area (Å²) in [5.74, 6) is -0.308. The lowest BCUT2D eigenvalue weighted by atomic mass is 10.3. The van der Waals surface area contributed by atoms with Gasteiger partial charge >= 0.3 is 5.97 Å². The molecule has 1 amide bonds. The third-order valence-corrected chi connectivity index (χ3v) is 2.62. The number of esters is 1. The number of nitrogens with one attached hydrogen (secondary N) is 1. The van der Waals surface area contributed by atoms with E-state index < -0.39 is 0 Å². The van der Waals surface area contributed by atoms with Crippen LogP contribution in [0.4, 0.5) is 0 Å². The van der Waals surface area contributed by atoms with Crippen LogP contribution in [0.5, 0.6) is 0 Å². The Balaban J connectivity index is 2.12. The molecule has 1 aromatic heterocycles. The number of hydrogen-bond acceptors (Lipinski definition) is 4. The maximum absolute atomic E-state index is 11.5. The first kappa shape index (κ1) is 12.7. The van der Waals surface area contributed by atoms with Gasteiger partial charge in [-0.3, -0.25) is 9.59 Å². The third kappa shape index (κ3) is 4.44. The molecule has 0 saturated heterocycles. The lowest BCUT2D eigenvalue weighted by Crippen LogP contribution is -2.24. The molecule has 5 heteroatoms. The zero-order chi connectivity index (χ0) is 11.8. The van der Waals surface area contributed by atoms with Gasteiger partial charge in [0.1, 0.15) is 0 Å². The summed E-state index contributed by atoms with van der Waals surface area (Å²) in [6, 6.07) is 1.77. The molecule has 88 valence electrons. The van der Waals surface area contributed by atoms with Crippen molar-refractivity contribution < 1.29 is 14.3 Å². The Bertz CT molecular complexity index is 335. The molecule has 0 aliphatic heterocycles. The molecule has 0 aliphatic carbocycles. The molecule has 16 heavy (non-hydrogen) atoms. The summed E-state index contributed by atoms with van der Waals surface area (Å²) >= 11 is 1.48. The second-order valence-corrected chi connectivity index (χ2v) is 3.96. The van der Waals surface area contributed by atoms with Crippen LogP contribution in [0, 0.1) is 0 Å². The van der Waals surface area contributed by atoms with Crippen LogP contribution in [0.25, 0.3) is 0 Å². The highest BCUT2D eigenvalue weighted by Crippen LogP contribution is 2.05. The highest BCUT2D eigenvalue weighted by atomic mass is 32.1. The SMILES string of the molecule is CCOC(=O)CCCNC(=O)c1ccsc1. The summed E-state index contributed by atoms with van der Waals surface area (Å²) in [6.45, 7) is 2.67. The number of rotatable bonds is 6. The van der Waals surface area contributed by atoms with Crippen LogP contribution >= 0.6 is 11.3 Å². The van der Waals surface area contributed by atoms with Gasteiger partial charge in [0.15, 0.2) is 0 Å². The van der Waals surface area contributed by atoms with Crippen LogP contribution in [0.3, 0.4) is 0 Å². The van der Waals surface area contributed by atoms with Crippen LogP contribution < -0.4 is 5.32 Å². The molecule has 0 atom stereocenters. The van der Waals surface area contributed by atoms with Crippen LogP contribution in [0.2, 0.25) is 0 Å². The summed E-state index contributed by atoms with van der Waals surface area (Å²) in [5, 5.41) is 6.39. The quantitative estimate of drug-likeness (QED) is 0.610. The van der Waals surface area contributed by atoms with E-state index in [2.05, 4.69) is 5.32 Å². The van der Waals surface area contributed by atoms with Crippen molar-refractivity contribution in [1.82, 2.24) is 5.32 Å². The van der Waals surface area contributed by atoms with E-state index in [-0.39, 0.29) is 11.9 Å². The molecule has 1 aromatic rings. The van der Waals surface area contributed by atoms with Crippen LogP contribution in [0.15, 0.2) is 16.8 Å². The average molecular weight is 241 g/mol. The first-order valence-electron chi connectivity index (χ1n) is 5.20. The van der Waals surface area contributed by atoms with Crippen LogP contribution in [-0.2, 0) is 9.53 Å². The normalized spacial score (nSPS) is 9.81. The van der Waals surface area contributed by atoms with Gasteiger partial charge in [-0.2, -0.15) is 11.3 Å². The van der Waals surface area contributed by atoms with Gasteiger partial charge in [0.25, 0.3) is 5.91 Å². The molecule has 0 spiro atoms. The van der Waals surface area contributed by atoms with Crippen molar-refractivity contribution in [3.8, 4) is 0 Å². The largest absolute Gasteiger partial charge is 0.466 e. The van der Waals surface area contributed by atoms with E-state index in [9.17, 15) is 9.59 Å². The predicted octanol–water partition coefficient (Wildman–Crippen LogP) is 1.82. The smallest absolute Gasteiger partial charge is 0.305 e. The minimum Gasteiger partial charge on any atom is -0.466 e. The van der Waals surface area contributed by atoms with Crippen molar-refractivity contribution in [2.75, 3.05) is 13.2 Å². The van der Waals surface area contributed by atoms with E-state index >= 15 is 0 Å². The van der Waals surface area contributed by atoms with Crippen LogP contribution in [0.1, 0.15) is 30.1 Å². The summed E-state index contributed by atoms with van der Waals surface area (Å²) < 4.78 is 4.77. The molecule has 0 fully saturated rings. The monoisotopic (exact) mass is 241 g/mol. The zero-order valence-corrected chi connectivity index (χ0v) is 10.0. The van der Waals surface area contributed by atoms with E-state index in [0.717, 1.165) is 0 Å². The Hall–Kier alpha value is -1.36. The van der Waals surface area contributed by atoms with Gasteiger partial charge in [-0.15, -0.1) is 0 Å². The fraction of sp³-hybridized carbons (Fsp3) is 0.455. The minimum absolute atomic E-state index is 0.0925. The van der Waals surface area contributed by atoms with Crippen molar-refractivity contribution in [2.24, 2.45) is 0 Å². The molecule has 0 saturated carbocycles. The lowest BCUT2D eigenvalue weighted by molar-refractivity contribution is -0.143. The first-order chi connectivity index (χ1) is 7.74. The van der Waals surface area contributed by atoms with Crippen molar-refractivity contribution in [1.29, 1.82) is 0 Å². The Labute approximate surface area is 98.6 Å². The van der Waals surface area contributed by atoms with E-state index in [0.29, 0.717) is 31.6 Å². The van der Waals surface area contributed by atoms with Gasteiger partial charge in [0.05, 0.1) is 6.61 Å². The van der Waals surface area contributed by atoms with Gasteiger partial charge < -0.3 is 10.1 Å². The molecule has 4 nitrogen and oxygen atoms in total. The molecule has 1 N–H and O–H groups in total. The summed E-state index contributed by atoms with van der Waals surface area (Å²) in [6.07, 6.45) is 0.951. The van der Waals surface area contributed by atoms with E-state index in [4.69, 9.17) is 4.74 Å². The number of hydrogen-bond donors (Lipinski definition) is 1. The minimum atomic E-state index is -0.215. The second-order valence-electron chi connectivity index (χ2n) is 3.18. The molecule has 1 rings (SSSR count). The Kier molecular flexibility index (Phi) is 5.56. The molecule has 0 aliphatic rings. The number of carbonyl (C=O) groups is 2. The maximum atomic E-state index is 11.5. The van der Waals surface area contributed by atoms with Crippen molar-refractivity contribution in [3.63, 3.8) is 0 Å². The highest BCUT2D eigenvalue weighted by Gasteiger charge is 2.05. The Morgan fingerprint density at radius 3 is 2.94 bits per heavy atom.